The van der Waals surface area contributed by atoms with Crippen LogP contribution in [0.1, 0.15) is 41.5 Å². The average molecular weight is 699 g/mol. The number of rotatable bonds is 6. The van der Waals surface area contributed by atoms with E-state index in [1.807, 2.05) is 9.80 Å². The Morgan fingerprint density at radius 1 is 0.894 bits per heavy atom. The summed E-state index contributed by atoms with van der Waals surface area (Å²) in [5.41, 5.74) is 3.56. The summed E-state index contributed by atoms with van der Waals surface area (Å²) >= 11 is 6.11. The third kappa shape index (κ3) is 5.95. The van der Waals surface area contributed by atoms with Crippen LogP contribution in [0.5, 0.6) is 0 Å². The molecular weight excluding hydrogens is 670 g/mol. The van der Waals surface area contributed by atoms with Gasteiger partial charge < -0.3 is 10.6 Å². The zero-order valence-electron chi connectivity index (χ0n) is 24.7. The largest absolute Gasteiger partial charge is 0.417 e. The molecule has 2 aliphatic heterocycles. The highest BCUT2D eigenvalue weighted by atomic mass is 35.5. The van der Waals surface area contributed by atoms with Gasteiger partial charge in [0.05, 0.1) is 40.0 Å². The molecule has 1 aliphatic carbocycles. The summed E-state index contributed by atoms with van der Waals surface area (Å²) in [6.07, 6.45) is -4.94. The first-order valence-electron chi connectivity index (χ1n) is 14.7. The number of anilines is 2. The van der Waals surface area contributed by atoms with Crippen LogP contribution in [0.15, 0.2) is 65.6 Å². The summed E-state index contributed by atoms with van der Waals surface area (Å²) in [4.78, 5) is 15.9. The third-order valence-electron chi connectivity index (χ3n) is 9.23. The van der Waals surface area contributed by atoms with Crippen molar-refractivity contribution in [3.8, 4) is 0 Å². The van der Waals surface area contributed by atoms with Crippen molar-refractivity contribution < 1.29 is 39.6 Å². The highest BCUT2D eigenvalue weighted by molar-refractivity contribution is 7.92. The minimum Gasteiger partial charge on any atom is -0.368 e. The number of carbonyl (C=O) groups is 1. The molecule has 1 atom stereocenters. The van der Waals surface area contributed by atoms with E-state index in [0.717, 1.165) is 35.0 Å². The third-order valence-corrected chi connectivity index (χ3v) is 11.3. The molecule has 0 aromatic heterocycles. The topological polar surface area (TPSA) is 87.0 Å². The summed E-state index contributed by atoms with van der Waals surface area (Å²) in [7, 11) is -4.58. The Hall–Kier alpha value is -3.75. The Labute approximate surface area is 272 Å². The number of benzene rings is 3. The molecule has 47 heavy (non-hydrogen) atoms. The quantitative estimate of drug-likeness (QED) is 0.230. The predicted octanol–water partition coefficient (Wildman–Crippen LogP) is 6.66. The normalized spacial score (nSPS) is 20.1. The number of nitrogens with zero attached hydrogens (tertiary/aromatic N) is 3. The first-order chi connectivity index (χ1) is 22.0. The van der Waals surface area contributed by atoms with Crippen molar-refractivity contribution in [1.29, 1.82) is 0 Å². The van der Waals surface area contributed by atoms with Gasteiger partial charge in [0, 0.05) is 30.2 Å². The van der Waals surface area contributed by atoms with Crippen molar-refractivity contribution in [2.75, 3.05) is 35.4 Å². The van der Waals surface area contributed by atoms with Crippen LogP contribution in [0.4, 0.5) is 37.7 Å². The Kier molecular flexibility index (Phi) is 8.28. The molecule has 3 aromatic carbocycles. The number of hydrogen-bond acceptors (Lipinski definition) is 5. The number of hydrogen-bond donors (Lipinski definition) is 1. The van der Waals surface area contributed by atoms with Crippen LogP contribution in [0.2, 0.25) is 5.02 Å². The fraction of sp³-hybridized carbons (Fsp3) is 0.344. The number of fused-ring (bicyclic) bond motifs is 3. The summed E-state index contributed by atoms with van der Waals surface area (Å²) in [6, 6.07) is 11.1. The van der Waals surface area contributed by atoms with Crippen LogP contribution in [-0.2, 0) is 27.2 Å². The second-order valence-corrected chi connectivity index (χ2v) is 14.2. The van der Waals surface area contributed by atoms with E-state index in [1.165, 1.54) is 30.4 Å². The molecular formula is C32H29ClF6N4O3S. The van der Waals surface area contributed by atoms with Crippen molar-refractivity contribution >= 4 is 51.1 Å². The summed E-state index contributed by atoms with van der Waals surface area (Å²) < 4.78 is 111. The molecule has 2 fully saturated rings. The lowest BCUT2D eigenvalue weighted by Gasteiger charge is -2.55. The predicted molar refractivity (Wildman–Crippen MR) is 166 cm³/mol. The number of carbonyl (C=O) groups excluding carboxylic acids is 1. The molecule has 2 N–H and O–H groups in total. The van der Waals surface area contributed by atoms with Crippen LogP contribution in [0.25, 0.3) is 12.2 Å². The summed E-state index contributed by atoms with van der Waals surface area (Å²) in [6.45, 7) is 1.000. The van der Waals surface area contributed by atoms with Crippen LogP contribution in [-0.4, -0.2) is 57.0 Å². The fourth-order valence-electron chi connectivity index (χ4n) is 6.65. The van der Waals surface area contributed by atoms with Crippen LogP contribution >= 0.6 is 11.6 Å². The minimum absolute atomic E-state index is 0.135. The van der Waals surface area contributed by atoms with Crippen LogP contribution in [0, 0.1) is 0 Å². The number of halogens is 7. The monoisotopic (exact) mass is 698 g/mol. The van der Waals surface area contributed by atoms with Gasteiger partial charge in [0.15, 0.2) is 0 Å². The zero-order chi connectivity index (χ0) is 33.9. The Morgan fingerprint density at radius 3 is 2.26 bits per heavy atom. The summed E-state index contributed by atoms with van der Waals surface area (Å²) in [5, 5.41) is -0.135. The standard InChI is InChI=1S/C32H29ClF6N4O3S/c33-26-7-2-6-25(32(37,38)39)24(26)10-8-20-9-11-27-28(16-20)43(47(45,46)23-5-1-4-21(17-23)31(34,35)36)19-22-18-41(14-15-42(22)27)30(29(40)44)12-3-13-30/h1-2,4-11,16-17,22H,3,12-15,18-19H2,(H2,40,44)/b10-8+/t22-/m0/s1. The molecule has 6 rings (SSSR count). The number of amides is 1. The van der Waals surface area contributed by atoms with Crippen molar-refractivity contribution in [3.63, 3.8) is 0 Å². The maximum atomic E-state index is 14.1. The molecule has 2 heterocycles. The molecule has 3 aliphatic rings. The van der Waals surface area contributed by atoms with Gasteiger partial charge in [-0.05, 0) is 67.3 Å². The van der Waals surface area contributed by atoms with E-state index < -0.39 is 55.9 Å². The first kappa shape index (κ1) is 33.2. The fourth-order valence-corrected chi connectivity index (χ4v) is 8.44. The number of alkyl halides is 6. The maximum absolute atomic E-state index is 14.1. The lowest BCUT2D eigenvalue weighted by atomic mass is 9.74. The van der Waals surface area contributed by atoms with Crippen molar-refractivity contribution in [2.24, 2.45) is 5.73 Å². The van der Waals surface area contributed by atoms with Gasteiger partial charge in [-0.15, -0.1) is 0 Å². The minimum atomic E-state index is -4.79. The number of primary amides is 1. The van der Waals surface area contributed by atoms with Gasteiger partial charge in [-0.1, -0.05) is 42.0 Å². The van der Waals surface area contributed by atoms with E-state index in [-0.39, 0.29) is 29.4 Å². The molecule has 1 saturated carbocycles. The molecule has 0 unspecified atom stereocenters. The van der Waals surface area contributed by atoms with Gasteiger partial charge in [0.1, 0.15) is 5.54 Å². The second kappa shape index (κ2) is 11.7. The van der Waals surface area contributed by atoms with E-state index in [9.17, 15) is 39.6 Å². The molecule has 3 aromatic rings. The highest BCUT2D eigenvalue weighted by Crippen LogP contribution is 2.45. The molecule has 1 saturated heterocycles. The lowest BCUT2D eigenvalue weighted by Crippen LogP contribution is -2.70. The average Bonchev–Trinajstić information content (AvgIpc) is 2.98. The second-order valence-electron chi connectivity index (χ2n) is 11.9. The Bertz CT molecular complexity index is 1860. The molecule has 7 nitrogen and oxygen atoms in total. The smallest absolute Gasteiger partial charge is 0.368 e. The van der Waals surface area contributed by atoms with Gasteiger partial charge in [0.2, 0.25) is 5.91 Å². The van der Waals surface area contributed by atoms with Crippen molar-refractivity contribution in [2.45, 2.75) is 48.1 Å². The van der Waals surface area contributed by atoms with E-state index >= 15 is 0 Å². The first-order valence-corrected chi connectivity index (χ1v) is 16.5. The van der Waals surface area contributed by atoms with Crippen molar-refractivity contribution in [3.05, 3.63) is 87.9 Å². The van der Waals surface area contributed by atoms with E-state index in [4.69, 9.17) is 17.3 Å². The van der Waals surface area contributed by atoms with Gasteiger partial charge in [-0.3, -0.25) is 14.0 Å². The van der Waals surface area contributed by atoms with Crippen molar-refractivity contribution in [1.82, 2.24) is 4.90 Å². The lowest BCUT2D eigenvalue weighted by molar-refractivity contribution is -0.138. The maximum Gasteiger partial charge on any atom is 0.417 e. The number of sulfonamides is 1. The van der Waals surface area contributed by atoms with Crippen LogP contribution in [0.3, 0.4) is 0 Å². The zero-order valence-corrected chi connectivity index (χ0v) is 26.2. The van der Waals surface area contributed by atoms with E-state index in [1.54, 1.807) is 12.1 Å². The molecule has 0 bridgehead atoms. The molecule has 1 amide bonds. The molecule has 15 heteroatoms. The van der Waals surface area contributed by atoms with Gasteiger partial charge >= 0.3 is 12.4 Å². The van der Waals surface area contributed by atoms with Crippen LogP contribution < -0.4 is 14.9 Å². The SMILES string of the molecule is NC(=O)C1(N2CCN3c4ccc(/C=C/c5c(Cl)cccc5C(F)(F)F)cc4N(S(=O)(=O)c4cccc(C(F)(F)F)c4)C[C@@H]3C2)CCC1. The molecule has 0 spiro atoms. The Morgan fingerprint density at radius 2 is 1.62 bits per heavy atom. The number of piperazine rings is 1. The highest BCUT2D eigenvalue weighted by Gasteiger charge is 2.51. The molecule has 250 valence electrons. The van der Waals surface area contributed by atoms with E-state index in [2.05, 4.69) is 0 Å². The van der Waals surface area contributed by atoms with Gasteiger partial charge in [-0.2, -0.15) is 26.3 Å². The van der Waals surface area contributed by atoms with Gasteiger partial charge in [-0.25, -0.2) is 8.42 Å². The summed E-state index contributed by atoms with van der Waals surface area (Å²) in [5.74, 6) is -0.453. The molecule has 0 radical (unpaired) electrons. The van der Waals surface area contributed by atoms with E-state index in [0.29, 0.717) is 43.2 Å². The van der Waals surface area contributed by atoms with Gasteiger partial charge in [0.25, 0.3) is 10.0 Å². The number of nitrogens with two attached hydrogens (primary N) is 1. The Balaban J connectivity index is 1.43.